The lowest BCUT2D eigenvalue weighted by Gasteiger charge is -2.22. The van der Waals surface area contributed by atoms with E-state index >= 15 is 0 Å². The first kappa shape index (κ1) is 22.6. The highest BCUT2D eigenvalue weighted by molar-refractivity contribution is 6.62. The summed E-state index contributed by atoms with van der Waals surface area (Å²) >= 11 is 0. The molecule has 2 fully saturated rings. The van der Waals surface area contributed by atoms with E-state index in [-0.39, 0.29) is 13.2 Å². The van der Waals surface area contributed by atoms with E-state index in [2.05, 4.69) is 0 Å². The first-order chi connectivity index (χ1) is 14.4. The Morgan fingerprint density at radius 3 is 1.72 bits per heavy atom. The first-order valence-electron chi connectivity index (χ1n) is 10.3. The molecule has 0 spiro atoms. The van der Waals surface area contributed by atoms with Gasteiger partial charge in [-0.3, -0.25) is 0 Å². The van der Waals surface area contributed by atoms with Crippen molar-refractivity contribution in [2.24, 2.45) is 0 Å². The van der Waals surface area contributed by atoms with Crippen LogP contribution in [0.5, 0.6) is 0 Å². The molecule has 0 N–H and O–H groups in total. The van der Waals surface area contributed by atoms with Crippen LogP contribution >= 0.6 is 0 Å². The van der Waals surface area contributed by atoms with Gasteiger partial charge in [-0.25, -0.2) is 0 Å². The molecule has 0 amide bonds. The second kappa shape index (κ2) is 14.1. The van der Waals surface area contributed by atoms with E-state index in [1.807, 2.05) is 24.3 Å². The van der Waals surface area contributed by atoms with Crippen molar-refractivity contribution in [3.63, 3.8) is 0 Å². The lowest BCUT2D eigenvalue weighted by Crippen LogP contribution is -2.36. The molecule has 8 nitrogen and oxygen atoms in total. The van der Waals surface area contributed by atoms with Gasteiger partial charge in [-0.2, -0.15) is 0 Å². The Morgan fingerprint density at radius 1 is 0.586 bits per heavy atom. The molecule has 0 saturated carbocycles. The Morgan fingerprint density at radius 2 is 1.10 bits per heavy atom. The molecule has 1 aromatic carbocycles. The van der Waals surface area contributed by atoms with Crippen LogP contribution in [0.25, 0.3) is 0 Å². The van der Waals surface area contributed by atoms with E-state index in [4.69, 9.17) is 37.7 Å². The van der Waals surface area contributed by atoms with Crippen LogP contribution < -0.4 is 5.46 Å². The third-order valence-electron chi connectivity index (χ3n) is 4.52. The normalized spacial score (nSPS) is 24.7. The van der Waals surface area contributed by atoms with Gasteiger partial charge in [-0.1, -0.05) is 24.3 Å². The van der Waals surface area contributed by atoms with Gasteiger partial charge < -0.3 is 37.7 Å². The van der Waals surface area contributed by atoms with Crippen LogP contribution in [-0.4, -0.2) is 93.0 Å². The molecule has 2 heterocycles. The van der Waals surface area contributed by atoms with Gasteiger partial charge in [0.25, 0.3) is 0 Å². The monoisotopic (exact) mass is 410 g/mol. The number of rotatable bonds is 2. The quantitative estimate of drug-likeness (QED) is 0.656. The molecule has 1 unspecified atom stereocenters. The predicted molar refractivity (Wildman–Crippen MR) is 107 cm³/mol. The van der Waals surface area contributed by atoms with Crippen LogP contribution in [0.15, 0.2) is 24.3 Å². The number of hydrogen-bond acceptors (Lipinski definition) is 8. The average molecular weight is 410 g/mol. The first-order valence-corrected chi connectivity index (χ1v) is 10.3. The van der Waals surface area contributed by atoms with E-state index in [0.29, 0.717) is 85.9 Å². The molecule has 2 aliphatic rings. The smallest absolute Gasteiger partial charge is 0.405 e. The molecule has 29 heavy (non-hydrogen) atoms. The minimum Gasteiger partial charge on any atom is -0.405 e. The SMILES string of the molecule is c1ccc(C2COCCOCCOCCOCCOCCO2)c(B2OCCO2)c1. The largest absolute Gasteiger partial charge is 0.494 e. The fraction of sp³-hybridized carbons (Fsp3) is 0.700. The van der Waals surface area contributed by atoms with Crippen molar-refractivity contribution in [2.75, 3.05) is 85.9 Å². The lowest BCUT2D eigenvalue weighted by molar-refractivity contribution is -0.0614. The van der Waals surface area contributed by atoms with Gasteiger partial charge in [0.05, 0.1) is 85.9 Å². The average Bonchev–Trinajstić information content (AvgIpc) is 3.28. The van der Waals surface area contributed by atoms with E-state index < -0.39 is 0 Å². The summed E-state index contributed by atoms with van der Waals surface area (Å²) in [6.07, 6.45) is -0.249. The van der Waals surface area contributed by atoms with Crippen LogP contribution in [0.4, 0.5) is 0 Å². The summed E-state index contributed by atoms with van der Waals surface area (Å²) in [7, 11) is -0.362. The van der Waals surface area contributed by atoms with Crippen LogP contribution in [0.1, 0.15) is 11.7 Å². The van der Waals surface area contributed by atoms with Gasteiger partial charge in [0, 0.05) is 0 Å². The molecule has 0 radical (unpaired) electrons. The lowest BCUT2D eigenvalue weighted by atomic mass is 9.75. The van der Waals surface area contributed by atoms with E-state index in [9.17, 15) is 0 Å². The molecule has 3 rings (SSSR count). The zero-order chi connectivity index (χ0) is 20.0. The molecule has 0 bridgehead atoms. The predicted octanol–water partition coefficient (Wildman–Crippen LogP) is 0.583. The number of hydrogen-bond donors (Lipinski definition) is 0. The van der Waals surface area contributed by atoms with Gasteiger partial charge in [-0.15, -0.1) is 0 Å². The Balaban J connectivity index is 1.57. The second-order valence-corrected chi connectivity index (χ2v) is 6.59. The summed E-state index contributed by atoms with van der Waals surface area (Å²) < 4.78 is 45.4. The Hall–Kier alpha value is -1.04. The fourth-order valence-corrected chi connectivity index (χ4v) is 3.10. The number of benzene rings is 1. The number of ether oxygens (including phenoxy) is 6. The highest BCUT2D eigenvalue weighted by atomic mass is 16.6. The van der Waals surface area contributed by atoms with Gasteiger partial charge in [0.2, 0.25) is 0 Å². The summed E-state index contributed by atoms with van der Waals surface area (Å²) in [6.45, 7) is 6.76. The molecule has 2 aliphatic heterocycles. The van der Waals surface area contributed by atoms with Crippen molar-refractivity contribution < 1.29 is 37.7 Å². The molecule has 162 valence electrons. The minimum absolute atomic E-state index is 0.249. The molecule has 0 aliphatic carbocycles. The molecule has 0 aromatic heterocycles. The van der Waals surface area contributed by atoms with Crippen molar-refractivity contribution >= 4 is 12.6 Å². The molecule has 1 aromatic rings. The summed E-state index contributed by atoms with van der Waals surface area (Å²) in [5.41, 5.74) is 1.98. The topological polar surface area (TPSA) is 73.8 Å². The fourth-order valence-electron chi connectivity index (χ4n) is 3.10. The molecular weight excluding hydrogens is 379 g/mol. The second-order valence-electron chi connectivity index (χ2n) is 6.59. The zero-order valence-electron chi connectivity index (χ0n) is 16.9. The van der Waals surface area contributed by atoms with Crippen LogP contribution in [0, 0.1) is 0 Å². The van der Waals surface area contributed by atoms with E-state index in [1.54, 1.807) is 0 Å². The van der Waals surface area contributed by atoms with Gasteiger partial charge >= 0.3 is 7.12 Å². The van der Waals surface area contributed by atoms with Gasteiger partial charge in [-0.05, 0) is 11.0 Å². The maximum atomic E-state index is 6.11. The summed E-state index contributed by atoms with van der Waals surface area (Å²) in [6, 6.07) is 8.00. The summed E-state index contributed by atoms with van der Waals surface area (Å²) in [4.78, 5) is 0. The molecular formula is C20H31BO8. The molecule has 9 heteroatoms. The maximum Gasteiger partial charge on any atom is 0.494 e. The van der Waals surface area contributed by atoms with Crippen molar-refractivity contribution in [3.05, 3.63) is 29.8 Å². The standard InChI is InChI=1S/C20H31BO8/c1-2-4-19(21-28-15-16-29-21)18(3-1)20-17-26-12-11-24-8-7-22-5-6-23-9-10-25-13-14-27-20/h1-4,20H,5-17H2. The highest BCUT2D eigenvalue weighted by Crippen LogP contribution is 2.18. The minimum atomic E-state index is -0.362. The van der Waals surface area contributed by atoms with Gasteiger partial charge in [0.15, 0.2) is 0 Å². The van der Waals surface area contributed by atoms with Crippen molar-refractivity contribution in [2.45, 2.75) is 6.10 Å². The van der Waals surface area contributed by atoms with E-state index in [0.717, 1.165) is 11.0 Å². The Labute approximate surface area is 172 Å². The Kier molecular flexibility index (Phi) is 11.0. The van der Waals surface area contributed by atoms with Crippen LogP contribution in [0.2, 0.25) is 0 Å². The third-order valence-corrected chi connectivity index (χ3v) is 4.52. The van der Waals surface area contributed by atoms with Crippen molar-refractivity contribution in [1.82, 2.24) is 0 Å². The third kappa shape index (κ3) is 8.31. The summed E-state index contributed by atoms with van der Waals surface area (Å²) in [5, 5.41) is 0. The van der Waals surface area contributed by atoms with Crippen molar-refractivity contribution in [3.8, 4) is 0 Å². The Bertz CT molecular complexity index is 537. The maximum absolute atomic E-state index is 6.11. The van der Waals surface area contributed by atoms with E-state index in [1.165, 1.54) is 0 Å². The van der Waals surface area contributed by atoms with Crippen LogP contribution in [0.3, 0.4) is 0 Å². The zero-order valence-corrected chi connectivity index (χ0v) is 16.9. The summed E-state index contributed by atoms with van der Waals surface area (Å²) in [5.74, 6) is 0. The molecule has 1 atom stereocenters. The highest BCUT2D eigenvalue weighted by Gasteiger charge is 2.31. The van der Waals surface area contributed by atoms with Crippen molar-refractivity contribution in [1.29, 1.82) is 0 Å². The molecule has 2 saturated heterocycles. The van der Waals surface area contributed by atoms with Crippen LogP contribution in [-0.2, 0) is 37.7 Å². The van der Waals surface area contributed by atoms with Gasteiger partial charge in [0.1, 0.15) is 6.10 Å².